The highest BCUT2D eigenvalue weighted by Crippen LogP contribution is 2.14. The third-order valence-electron chi connectivity index (χ3n) is 3.25. The third kappa shape index (κ3) is 4.85. The topological polar surface area (TPSA) is 84.5 Å². The molecule has 0 fully saturated rings. The van der Waals surface area contributed by atoms with Gasteiger partial charge in [-0.3, -0.25) is 9.59 Å². The first-order valence-electron chi connectivity index (χ1n) is 7.71. The molecule has 0 aliphatic carbocycles. The fraction of sp³-hybridized carbons (Fsp3) is 0.167. The Morgan fingerprint density at radius 1 is 1.04 bits per heavy atom. The SMILES string of the molecule is CCNC(=O)c1cccc(NC(=O)COC(=O)c2c(F)cccc2F)c1. The number of nitrogens with one attached hydrogen (secondary N) is 2. The lowest BCUT2D eigenvalue weighted by molar-refractivity contribution is -0.119. The number of esters is 1. The molecular weight excluding hydrogens is 346 g/mol. The van der Waals surface area contributed by atoms with Gasteiger partial charge in [-0.1, -0.05) is 12.1 Å². The zero-order valence-corrected chi connectivity index (χ0v) is 13.8. The summed E-state index contributed by atoms with van der Waals surface area (Å²) in [5, 5.41) is 5.05. The highest BCUT2D eigenvalue weighted by atomic mass is 19.1. The first kappa shape index (κ1) is 19.0. The van der Waals surface area contributed by atoms with Crippen LogP contribution in [0, 0.1) is 11.6 Å². The molecule has 0 saturated carbocycles. The predicted molar refractivity (Wildman–Crippen MR) is 89.7 cm³/mol. The van der Waals surface area contributed by atoms with Crippen molar-refractivity contribution in [3.63, 3.8) is 0 Å². The average molecular weight is 362 g/mol. The Kier molecular flexibility index (Phi) is 6.37. The molecule has 0 aromatic heterocycles. The number of carbonyl (C=O) groups excluding carboxylic acids is 3. The standard InChI is InChI=1S/C18H16F2N2O4/c1-2-21-17(24)11-5-3-6-12(9-11)22-15(23)10-26-18(25)16-13(19)7-4-8-14(16)20/h3-9H,2,10H2,1H3,(H,21,24)(H,22,23). The smallest absolute Gasteiger partial charge is 0.344 e. The number of hydrogen-bond acceptors (Lipinski definition) is 4. The summed E-state index contributed by atoms with van der Waals surface area (Å²) < 4.78 is 31.6. The van der Waals surface area contributed by atoms with Crippen molar-refractivity contribution >= 4 is 23.5 Å². The van der Waals surface area contributed by atoms with Gasteiger partial charge in [-0.2, -0.15) is 0 Å². The molecule has 136 valence electrons. The van der Waals surface area contributed by atoms with Crippen molar-refractivity contribution in [2.24, 2.45) is 0 Å². The number of rotatable bonds is 6. The fourth-order valence-electron chi connectivity index (χ4n) is 2.09. The Morgan fingerprint density at radius 2 is 1.69 bits per heavy atom. The second-order valence-electron chi connectivity index (χ2n) is 5.16. The molecule has 8 heteroatoms. The van der Waals surface area contributed by atoms with E-state index >= 15 is 0 Å². The van der Waals surface area contributed by atoms with Crippen molar-refractivity contribution in [1.29, 1.82) is 0 Å². The predicted octanol–water partition coefficient (Wildman–Crippen LogP) is 2.51. The summed E-state index contributed by atoms with van der Waals surface area (Å²) in [6.07, 6.45) is 0. The highest BCUT2D eigenvalue weighted by molar-refractivity contribution is 5.98. The van der Waals surface area contributed by atoms with Gasteiger partial charge in [0, 0.05) is 17.8 Å². The van der Waals surface area contributed by atoms with Crippen molar-refractivity contribution in [1.82, 2.24) is 5.32 Å². The monoisotopic (exact) mass is 362 g/mol. The van der Waals surface area contributed by atoms with Crippen LogP contribution in [0.25, 0.3) is 0 Å². The number of benzene rings is 2. The normalized spacial score (nSPS) is 10.1. The average Bonchev–Trinajstić information content (AvgIpc) is 2.60. The van der Waals surface area contributed by atoms with Gasteiger partial charge in [0.15, 0.2) is 6.61 Å². The Hall–Kier alpha value is -3.29. The maximum atomic E-state index is 13.5. The van der Waals surface area contributed by atoms with Crippen molar-refractivity contribution in [2.45, 2.75) is 6.92 Å². The van der Waals surface area contributed by atoms with E-state index in [4.69, 9.17) is 0 Å². The van der Waals surface area contributed by atoms with Gasteiger partial charge in [0.2, 0.25) is 0 Å². The molecule has 6 nitrogen and oxygen atoms in total. The molecule has 0 spiro atoms. The summed E-state index contributed by atoms with van der Waals surface area (Å²) in [5.74, 6) is -4.46. The summed E-state index contributed by atoms with van der Waals surface area (Å²) >= 11 is 0. The molecule has 0 bridgehead atoms. The van der Waals surface area contributed by atoms with Crippen LogP contribution < -0.4 is 10.6 Å². The van der Waals surface area contributed by atoms with E-state index in [0.29, 0.717) is 17.8 Å². The molecule has 2 aromatic carbocycles. The van der Waals surface area contributed by atoms with Gasteiger partial charge in [0.25, 0.3) is 11.8 Å². The van der Waals surface area contributed by atoms with E-state index in [-0.39, 0.29) is 5.91 Å². The van der Waals surface area contributed by atoms with Gasteiger partial charge in [-0.25, -0.2) is 13.6 Å². The molecule has 0 heterocycles. The van der Waals surface area contributed by atoms with Crippen LogP contribution in [0.4, 0.5) is 14.5 Å². The van der Waals surface area contributed by atoms with Crippen LogP contribution in [0.3, 0.4) is 0 Å². The molecule has 0 aliphatic rings. The summed E-state index contributed by atoms with van der Waals surface area (Å²) in [6.45, 7) is 1.49. The van der Waals surface area contributed by atoms with Gasteiger partial charge >= 0.3 is 5.97 Å². The van der Waals surface area contributed by atoms with Crippen LogP contribution in [-0.2, 0) is 9.53 Å². The van der Waals surface area contributed by atoms with Crippen molar-refractivity contribution in [3.05, 3.63) is 65.2 Å². The molecule has 0 aliphatic heterocycles. The van der Waals surface area contributed by atoms with Gasteiger partial charge in [-0.15, -0.1) is 0 Å². The number of anilines is 1. The third-order valence-corrected chi connectivity index (χ3v) is 3.25. The second kappa shape index (κ2) is 8.70. The summed E-state index contributed by atoms with van der Waals surface area (Å²) in [6, 6.07) is 9.05. The molecule has 0 atom stereocenters. The van der Waals surface area contributed by atoms with Gasteiger partial charge < -0.3 is 15.4 Å². The summed E-state index contributed by atoms with van der Waals surface area (Å²) in [4.78, 5) is 35.3. The van der Waals surface area contributed by atoms with Gasteiger partial charge in [-0.05, 0) is 37.3 Å². The largest absolute Gasteiger partial charge is 0.452 e. The van der Waals surface area contributed by atoms with E-state index in [2.05, 4.69) is 15.4 Å². The van der Waals surface area contributed by atoms with Crippen LogP contribution in [0.5, 0.6) is 0 Å². The molecular formula is C18H16F2N2O4. The number of halogens is 2. The number of ether oxygens (including phenoxy) is 1. The minimum atomic E-state index is -1.29. The molecule has 2 rings (SSSR count). The summed E-state index contributed by atoms with van der Waals surface area (Å²) in [7, 11) is 0. The quantitative estimate of drug-likeness (QED) is 0.774. The van der Waals surface area contributed by atoms with Crippen LogP contribution in [0.15, 0.2) is 42.5 Å². The van der Waals surface area contributed by atoms with E-state index in [9.17, 15) is 23.2 Å². The Balaban J connectivity index is 1.96. The first-order chi connectivity index (χ1) is 12.4. The van der Waals surface area contributed by atoms with Gasteiger partial charge in [0.05, 0.1) is 0 Å². The lowest BCUT2D eigenvalue weighted by Crippen LogP contribution is -2.24. The molecule has 2 N–H and O–H groups in total. The second-order valence-corrected chi connectivity index (χ2v) is 5.16. The van der Waals surface area contributed by atoms with E-state index in [1.165, 1.54) is 6.07 Å². The Bertz CT molecular complexity index is 819. The number of hydrogen-bond donors (Lipinski definition) is 2. The summed E-state index contributed by atoms with van der Waals surface area (Å²) in [5.41, 5.74) is -0.208. The van der Waals surface area contributed by atoms with Crippen molar-refractivity contribution in [3.8, 4) is 0 Å². The lowest BCUT2D eigenvalue weighted by atomic mass is 10.2. The molecule has 0 unspecified atom stereocenters. The van der Waals surface area contributed by atoms with Crippen LogP contribution in [0.2, 0.25) is 0 Å². The maximum absolute atomic E-state index is 13.5. The van der Waals surface area contributed by atoms with Crippen molar-refractivity contribution < 1.29 is 27.9 Å². The number of amides is 2. The minimum Gasteiger partial charge on any atom is -0.452 e. The number of carbonyl (C=O) groups is 3. The molecule has 2 aromatic rings. The zero-order valence-electron chi connectivity index (χ0n) is 13.8. The minimum absolute atomic E-state index is 0.301. The van der Waals surface area contributed by atoms with E-state index in [1.54, 1.807) is 25.1 Å². The Labute approximate surface area is 148 Å². The van der Waals surface area contributed by atoms with Gasteiger partial charge in [0.1, 0.15) is 17.2 Å². The van der Waals surface area contributed by atoms with E-state index in [1.807, 2.05) is 0 Å². The maximum Gasteiger partial charge on any atom is 0.344 e. The Morgan fingerprint density at radius 3 is 2.35 bits per heavy atom. The first-order valence-corrected chi connectivity index (χ1v) is 7.71. The van der Waals surface area contributed by atoms with E-state index in [0.717, 1.165) is 18.2 Å². The molecule has 0 saturated heterocycles. The molecule has 0 radical (unpaired) electrons. The zero-order chi connectivity index (χ0) is 19.1. The van der Waals surface area contributed by atoms with E-state index < -0.39 is 35.7 Å². The fourth-order valence-corrected chi connectivity index (χ4v) is 2.09. The van der Waals surface area contributed by atoms with Crippen LogP contribution >= 0.6 is 0 Å². The molecule has 2 amide bonds. The highest BCUT2D eigenvalue weighted by Gasteiger charge is 2.19. The lowest BCUT2D eigenvalue weighted by Gasteiger charge is -2.09. The molecule has 26 heavy (non-hydrogen) atoms. The van der Waals surface area contributed by atoms with Crippen LogP contribution in [0.1, 0.15) is 27.6 Å². The van der Waals surface area contributed by atoms with Crippen molar-refractivity contribution in [2.75, 3.05) is 18.5 Å². The van der Waals surface area contributed by atoms with Crippen LogP contribution in [-0.4, -0.2) is 30.9 Å².